The lowest BCUT2D eigenvalue weighted by molar-refractivity contribution is -0.384. The van der Waals surface area contributed by atoms with E-state index >= 15 is 0 Å². The van der Waals surface area contributed by atoms with Gasteiger partial charge in [-0.15, -0.1) is 0 Å². The summed E-state index contributed by atoms with van der Waals surface area (Å²) in [5, 5.41) is 13.9. The van der Waals surface area contributed by atoms with Crippen molar-refractivity contribution in [3.05, 3.63) is 58.4 Å². The highest BCUT2D eigenvalue weighted by Crippen LogP contribution is 2.29. The maximum Gasteiger partial charge on any atom is 0.296 e. The van der Waals surface area contributed by atoms with Crippen molar-refractivity contribution >= 4 is 23.0 Å². The molecule has 1 saturated heterocycles. The smallest absolute Gasteiger partial charge is 0.296 e. The number of ether oxygens (including phenoxy) is 1. The van der Waals surface area contributed by atoms with Gasteiger partial charge in [0.25, 0.3) is 5.69 Å². The molecule has 2 aromatic carbocycles. The average Bonchev–Trinajstić information content (AvgIpc) is 2.94. The molecule has 0 aliphatic carbocycles. The van der Waals surface area contributed by atoms with E-state index in [1.165, 1.54) is 31.4 Å². The number of nitrogens with zero attached hydrogens (tertiary/aromatic N) is 3. The normalized spacial score (nSPS) is 14.9. The van der Waals surface area contributed by atoms with Crippen molar-refractivity contribution in [3.8, 4) is 5.75 Å². The van der Waals surface area contributed by atoms with Crippen LogP contribution in [0.15, 0.2) is 42.5 Å². The van der Waals surface area contributed by atoms with Crippen molar-refractivity contribution in [2.45, 2.75) is 6.42 Å². The summed E-state index contributed by atoms with van der Waals surface area (Å²) in [4.78, 5) is 27.3. The van der Waals surface area contributed by atoms with E-state index in [4.69, 9.17) is 4.74 Å². The Balaban J connectivity index is 1.58. The molecule has 1 N–H and O–H groups in total. The first-order valence-electron chi connectivity index (χ1n) is 9.31. The zero-order valence-corrected chi connectivity index (χ0v) is 16.1. The van der Waals surface area contributed by atoms with Gasteiger partial charge in [0.15, 0.2) is 0 Å². The molecule has 1 fully saturated rings. The van der Waals surface area contributed by atoms with E-state index in [0.717, 1.165) is 25.2 Å². The van der Waals surface area contributed by atoms with E-state index in [2.05, 4.69) is 10.2 Å². The lowest BCUT2D eigenvalue weighted by Crippen LogP contribution is -2.36. The fraction of sp³-hybridized carbons (Fsp3) is 0.350. The molecule has 0 aromatic heterocycles. The van der Waals surface area contributed by atoms with Gasteiger partial charge in [-0.05, 0) is 42.8 Å². The summed E-state index contributed by atoms with van der Waals surface area (Å²) in [6.45, 7) is 3.06. The minimum atomic E-state index is -0.551. The van der Waals surface area contributed by atoms with Gasteiger partial charge < -0.3 is 15.0 Å². The van der Waals surface area contributed by atoms with Crippen molar-refractivity contribution in [2.75, 3.05) is 50.1 Å². The van der Waals surface area contributed by atoms with Crippen LogP contribution in [-0.4, -0.2) is 55.6 Å². The Morgan fingerprint density at radius 3 is 2.62 bits per heavy atom. The van der Waals surface area contributed by atoms with Gasteiger partial charge in [-0.25, -0.2) is 4.39 Å². The number of carbonyl (C=O) groups excluding carboxylic acids is 1. The molecule has 0 saturated carbocycles. The number of nitro benzene ring substituents is 1. The van der Waals surface area contributed by atoms with Crippen LogP contribution in [0.2, 0.25) is 0 Å². The molecule has 154 valence electrons. The average molecular weight is 402 g/mol. The molecule has 3 rings (SSSR count). The van der Waals surface area contributed by atoms with Gasteiger partial charge in [0.05, 0.1) is 24.6 Å². The van der Waals surface area contributed by atoms with Crippen LogP contribution >= 0.6 is 0 Å². The van der Waals surface area contributed by atoms with E-state index in [9.17, 15) is 19.3 Å². The molecule has 9 heteroatoms. The van der Waals surface area contributed by atoms with Gasteiger partial charge in [0, 0.05) is 31.9 Å². The Morgan fingerprint density at radius 2 is 1.93 bits per heavy atom. The van der Waals surface area contributed by atoms with E-state index in [-0.39, 0.29) is 29.6 Å². The number of anilines is 2. The molecule has 0 unspecified atom stereocenters. The van der Waals surface area contributed by atoms with Gasteiger partial charge in [-0.3, -0.25) is 19.8 Å². The monoisotopic (exact) mass is 402 g/mol. The summed E-state index contributed by atoms with van der Waals surface area (Å²) in [5.74, 6) is -0.230. The number of methoxy groups -OCH3 is 1. The Kier molecular flexibility index (Phi) is 6.61. The lowest BCUT2D eigenvalue weighted by atomic mass is 10.2. The van der Waals surface area contributed by atoms with Gasteiger partial charge in [-0.2, -0.15) is 0 Å². The summed E-state index contributed by atoms with van der Waals surface area (Å²) in [5.41, 5.74) is 0.881. The first-order valence-corrected chi connectivity index (χ1v) is 9.31. The molecular weight excluding hydrogens is 379 g/mol. The minimum Gasteiger partial charge on any atom is -0.496 e. The third-order valence-corrected chi connectivity index (χ3v) is 4.82. The van der Waals surface area contributed by atoms with E-state index in [1.54, 1.807) is 18.2 Å². The third-order valence-electron chi connectivity index (χ3n) is 4.82. The minimum absolute atomic E-state index is 0.139. The molecule has 0 atom stereocenters. The van der Waals surface area contributed by atoms with Gasteiger partial charge >= 0.3 is 0 Å². The molecule has 29 heavy (non-hydrogen) atoms. The maximum atomic E-state index is 13.1. The van der Waals surface area contributed by atoms with Gasteiger partial charge in [-0.1, -0.05) is 0 Å². The molecule has 0 bridgehead atoms. The molecule has 1 heterocycles. The fourth-order valence-corrected chi connectivity index (χ4v) is 3.33. The number of hydrogen-bond donors (Lipinski definition) is 1. The maximum absolute atomic E-state index is 13.1. The summed E-state index contributed by atoms with van der Waals surface area (Å²) in [6.07, 6.45) is 0.855. The van der Waals surface area contributed by atoms with Crippen LogP contribution in [0.4, 0.5) is 21.5 Å². The molecule has 1 amide bonds. The number of amides is 1. The zero-order chi connectivity index (χ0) is 20.8. The number of nitrogens with one attached hydrogen (secondary N) is 1. The second-order valence-electron chi connectivity index (χ2n) is 6.78. The zero-order valence-electron chi connectivity index (χ0n) is 16.1. The molecule has 1 aliphatic rings. The number of carbonyl (C=O) groups is 1. The Bertz CT molecular complexity index is 875. The standard InChI is InChI=1S/C20H23FN4O4/c1-29-17-7-8-18(19(13-17)25(27)28)22-20(26)14-23-9-2-10-24(12-11-23)16-5-3-15(21)4-6-16/h3-8,13H,2,9-12,14H2,1H3,(H,22,26). The van der Waals surface area contributed by atoms with Crippen LogP contribution in [0, 0.1) is 15.9 Å². The first kappa shape index (κ1) is 20.5. The highest BCUT2D eigenvalue weighted by molar-refractivity contribution is 5.94. The van der Waals surface area contributed by atoms with Crippen LogP contribution in [0.25, 0.3) is 0 Å². The van der Waals surface area contributed by atoms with Crippen molar-refractivity contribution in [1.82, 2.24) is 4.90 Å². The van der Waals surface area contributed by atoms with Gasteiger partial charge in [0.1, 0.15) is 17.3 Å². The van der Waals surface area contributed by atoms with Crippen LogP contribution in [-0.2, 0) is 4.79 Å². The number of halogens is 1. The largest absolute Gasteiger partial charge is 0.496 e. The topological polar surface area (TPSA) is 88.0 Å². The Labute approximate surface area is 168 Å². The predicted octanol–water partition coefficient (Wildman–Crippen LogP) is 2.89. The molecule has 0 spiro atoms. The SMILES string of the molecule is COc1ccc(NC(=O)CN2CCCN(c3ccc(F)cc3)CC2)c([N+](=O)[O-])c1. The van der Waals surface area contributed by atoms with E-state index < -0.39 is 4.92 Å². The van der Waals surface area contributed by atoms with Crippen LogP contribution in [0.1, 0.15) is 6.42 Å². The van der Waals surface area contributed by atoms with E-state index in [1.807, 2.05) is 4.90 Å². The summed E-state index contributed by atoms with van der Waals surface area (Å²) < 4.78 is 18.1. The summed E-state index contributed by atoms with van der Waals surface area (Å²) in [7, 11) is 1.42. The Morgan fingerprint density at radius 1 is 1.17 bits per heavy atom. The van der Waals surface area contributed by atoms with Crippen molar-refractivity contribution in [2.24, 2.45) is 0 Å². The molecule has 0 radical (unpaired) electrons. The number of hydrogen-bond acceptors (Lipinski definition) is 6. The third kappa shape index (κ3) is 5.41. The number of benzene rings is 2. The highest BCUT2D eigenvalue weighted by atomic mass is 19.1. The summed E-state index contributed by atoms with van der Waals surface area (Å²) >= 11 is 0. The quantitative estimate of drug-likeness (QED) is 0.591. The molecule has 2 aromatic rings. The van der Waals surface area contributed by atoms with Gasteiger partial charge in [0.2, 0.25) is 5.91 Å². The fourth-order valence-electron chi connectivity index (χ4n) is 3.33. The van der Waals surface area contributed by atoms with Crippen LogP contribution < -0.4 is 15.0 Å². The lowest BCUT2D eigenvalue weighted by Gasteiger charge is -2.23. The van der Waals surface area contributed by atoms with Crippen molar-refractivity contribution in [1.29, 1.82) is 0 Å². The van der Waals surface area contributed by atoms with Crippen molar-refractivity contribution in [3.63, 3.8) is 0 Å². The second-order valence-corrected chi connectivity index (χ2v) is 6.78. The van der Waals surface area contributed by atoms with E-state index in [0.29, 0.717) is 18.8 Å². The second kappa shape index (κ2) is 9.33. The molecule has 1 aliphatic heterocycles. The predicted molar refractivity (Wildman–Crippen MR) is 108 cm³/mol. The highest BCUT2D eigenvalue weighted by Gasteiger charge is 2.20. The first-order chi connectivity index (χ1) is 14.0. The Hall–Kier alpha value is -3.20. The number of nitro groups is 1. The van der Waals surface area contributed by atoms with Crippen LogP contribution in [0.5, 0.6) is 5.75 Å². The number of rotatable bonds is 6. The summed E-state index contributed by atoms with van der Waals surface area (Å²) in [6, 6.07) is 10.7. The van der Waals surface area contributed by atoms with Crippen LogP contribution in [0.3, 0.4) is 0 Å². The van der Waals surface area contributed by atoms with Crippen molar-refractivity contribution < 1.29 is 18.8 Å². The molecular formula is C20H23FN4O4. The molecule has 8 nitrogen and oxygen atoms in total.